The van der Waals surface area contributed by atoms with Crippen molar-refractivity contribution in [3.05, 3.63) is 65.5 Å². The zero-order valence-corrected chi connectivity index (χ0v) is 16.8. The van der Waals surface area contributed by atoms with Crippen molar-refractivity contribution in [1.82, 2.24) is 15.1 Å². The molecule has 2 amide bonds. The first-order valence-corrected chi connectivity index (χ1v) is 9.76. The highest BCUT2D eigenvalue weighted by Gasteiger charge is 2.25. The van der Waals surface area contributed by atoms with Crippen LogP contribution in [-0.2, 0) is 9.59 Å². The molecule has 2 aromatic carbocycles. The molecule has 1 aliphatic heterocycles. The van der Waals surface area contributed by atoms with Crippen LogP contribution in [0.3, 0.4) is 0 Å². The van der Waals surface area contributed by atoms with Gasteiger partial charge in [0, 0.05) is 38.4 Å². The van der Waals surface area contributed by atoms with E-state index < -0.39 is 17.6 Å². The number of likely N-dealkylation sites (N-methyl/N-ethyl adjacent to an activating group) is 1. The lowest BCUT2D eigenvalue weighted by Crippen LogP contribution is -2.49. The third-order valence-electron chi connectivity index (χ3n) is 5.21. The van der Waals surface area contributed by atoms with Crippen LogP contribution >= 0.6 is 0 Å². The van der Waals surface area contributed by atoms with Crippen molar-refractivity contribution in [2.45, 2.75) is 13.0 Å². The Hall–Kier alpha value is -2.77. The van der Waals surface area contributed by atoms with Crippen LogP contribution in [-0.4, -0.2) is 61.4 Å². The third kappa shape index (κ3) is 5.85. The SMILES string of the molecule is Cc1ccc([C@@H](CNC(=O)C(=O)Nc2ccc(F)cc2)N2CCN(C)CC2)cc1. The molecule has 29 heavy (non-hydrogen) atoms. The van der Waals surface area contributed by atoms with Crippen molar-refractivity contribution in [3.63, 3.8) is 0 Å². The Morgan fingerprint density at radius 1 is 0.966 bits per heavy atom. The molecule has 0 radical (unpaired) electrons. The predicted molar refractivity (Wildman–Crippen MR) is 111 cm³/mol. The van der Waals surface area contributed by atoms with E-state index in [0.29, 0.717) is 12.2 Å². The Labute approximate surface area is 170 Å². The number of hydrogen-bond acceptors (Lipinski definition) is 4. The normalized spacial score (nSPS) is 16.2. The molecule has 7 heteroatoms. The summed E-state index contributed by atoms with van der Waals surface area (Å²) in [6.07, 6.45) is 0. The molecule has 1 aliphatic rings. The fourth-order valence-electron chi connectivity index (χ4n) is 3.37. The van der Waals surface area contributed by atoms with Crippen molar-refractivity contribution in [2.75, 3.05) is 45.1 Å². The van der Waals surface area contributed by atoms with E-state index in [2.05, 4.69) is 51.7 Å². The highest BCUT2D eigenvalue weighted by molar-refractivity contribution is 6.39. The van der Waals surface area contributed by atoms with Crippen LogP contribution in [0.15, 0.2) is 48.5 Å². The van der Waals surface area contributed by atoms with Crippen LogP contribution in [0, 0.1) is 12.7 Å². The Kier molecular flexibility index (Phi) is 6.95. The number of carbonyl (C=O) groups is 2. The van der Waals surface area contributed by atoms with Crippen LogP contribution in [0.25, 0.3) is 0 Å². The number of aryl methyl sites for hydroxylation is 1. The van der Waals surface area contributed by atoms with Gasteiger partial charge in [-0.15, -0.1) is 0 Å². The Morgan fingerprint density at radius 2 is 1.59 bits per heavy atom. The lowest BCUT2D eigenvalue weighted by Gasteiger charge is -2.38. The van der Waals surface area contributed by atoms with Gasteiger partial charge in [-0.25, -0.2) is 4.39 Å². The number of rotatable bonds is 5. The van der Waals surface area contributed by atoms with E-state index in [0.717, 1.165) is 31.7 Å². The van der Waals surface area contributed by atoms with Crippen LogP contribution in [0.2, 0.25) is 0 Å². The molecule has 1 fully saturated rings. The quantitative estimate of drug-likeness (QED) is 0.758. The number of halogens is 1. The van der Waals surface area contributed by atoms with Gasteiger partial charge in [-0.2, -0.15) is 0 Å². The Morgan fingerprint density at radius 3 is 2.21 bits per heavy atom. The van der Waals surface area contributed by atoms with E-state index in [9.17, 15) is 14.0 Å². The number of carbonyl (C=O) groups excluding carboxylic acids is 2. The van der Waals surface area contributed by atoms with Gasteiger partial charge in [-0.05, 0) is 43.8 Å². The first-order chi connectivity index (χ1) is 13.9. The smallest absolute Gasteiger partial charge is 0.313 e. The number of nitrogens with zero attached hydrogens (tertiary/aromatic N) is 2. The van der Waals surface area contributed by atoms with E-state index >= 15 is 0 Å². The highest BCUT2D eigenvalue weighted by atomic mass is 19.1. The van der Waals surface area contributed by atoms with Crippen molar-refractivity contribution in [1.29, 1.82) is 0 Å². The van der Waals surface area contributed by atoms with Crippen LogP contribution in [0.4, 0.5) is 10.1 Å². The minimum absolute atomic E-state index is 0.00753. The Bertz CT molecular complexity index is 831. The topological polar surface area (TPSA) is 64.7 Å². The van der Waals surface area contributed by atoms with Crippen LogP contribution in [0.1, 0.15) is 17.2 Å². The predicted octanol–water partition coefficient (Wildman–Crippen LogP) is 2.18. The molecular formula is C22H27FN4O2. The molecule has 0 aromatic heterocycles. The van der Waals surface area contributed by atoms with Gasteiger partial charge in [0.05, 0.1) is 6.04 Å². The largest absolute Gasteiger partial charge is 0.346 e. The number of amides is 2. The van der Waals surface area contributed by atoms with E-state index in [4.69, 9.17) is 0 Å². The molecule has 3 rings (SSSR count). The summed E-state index contributed by atoms with van der Waals surface area (Å²) in [5.74, 6) is -1.88. The Balaban J connectivity index is 1.63. The second-order valence-corrected chi connectivity index (χ2v) is 7.44. The van der Waals surface area contributed by atoms with E-state index in [1.807, 2.05) is 6.92 Å². The first-order valence-electron chi connectivity index (χ1n) is 9.76. The summed E-state index contributed by atoms with van der Waals surface area (Å²) >= 11 is 0. The number of hydrogen-bond donors (Lipinski definition) is 2. The number of piperazine rings is 1. The number of anilines is 1. The van der Waals surface area contributed by atoms with Gasteiger partial charge in [0.1, 0.15) is 5.82 Å². The molecule has 2 aromatic rings. The van der Waals surface area contributed by atoms with Crippen molar-refractivity contribution in [2.24, 2.45) is 0 Å². The zero-order valence-electron chi connectivity index (χ0n) is 16.8. The summed E-state index contributed by atoms with van der Waals surface area (Å²) in [5, 5.41) is 5.24. The summed E-state index contributed by atoms with van der Waals surface area (Å²) in [6.45, 7) is 6.08. The molecule has 0 bridgehead atoms. The standard InChI is InChI=1S/C22H27FN4O2/c1-16-3-5-17(6-4-16)20(27-13-11-26(2)12-14-27)15-24-21(28)22(29)25-19-9-7-18(23)8-10-19/h3-10,20H,11-15H2,1-2H3,(H,24,28)(H,25,29)/t20-/m1/s1. The van der Waals surface area contributed by atoms with E-state index in [1.165, 1.54) is 29.8 Å². The highest BCUT2D eigenvalue weighted by Crippen LogP contribution is 2.22. The maximum absolute atomic E-state index is 13.0. The molecule has 1 saturated heterocycles. The fraction of sp³-hybridized carbons (Fsp3) is 0.364. The van der Waals surface area contributed by atoms with Crippen LogP contribution in [0.5, 0.6) is 0 Å². The molecule has 0 spiro atoms. The molecule has 0 unspecified atom stereocenters. The molecule has 0 saturated carbocycles. The van der Waals surface area contributed by atoms with E-state index in [-0.39, 0.29) is 6.04 Å². The fourth-order valence-corrected chi connectivity index (χ4v) is 3.37. The molecule has 1 heterocycles. The number of nitrogens with one attached hydrogen (secondary N) is 2. The zero-order chi connectivity index (χ0) is 20.8. The van der Waals surface area contributed by atoms with Gasteiger partial charge >= 0.3 is 11.8 Å². The second-order valence-electron chi connectivity index (χ2n) is 7.44. The molecule has 6 nitrogen and oxygen atoms in total. The van der Waals surface area contributed by atoms with Gasteiger partial charge in [0.15, 0.2) is 0 Å². The molecule has 0 aliphatic carbocycles. The molecule has 1 atom stereocenters. The summed E-state index contributed by atoms with van der Waals surface area (Å²) in [4.78, 5) is 29.1. The first kappa shape index (κ1) is 21.0. The monoisotopic (exact) mass is 398 g/mol. The number of benzene rings is 2. The van der Waals surface area contributed by atoms with E-state index in [1.54, 1.807) is 0 Å². The van der Waals surface area contributed by atoms with Gasteiger partial charge in [0.2, 0.25) is 0 Å². The molecule has 154 valence electrons. The summed E-state index contributed by atoms with van der Waals surface area (Å²) in [7, 11) is 2.10. The van der Waals surface area contributed by atoms with Crippen molar-refractivity contribution in [3.8, 4) is 0 Å². The maximum Gasteiger partial charge on any atom is 0.313 e. The summed E-state index contributed by atoms with van der Waals surface area (Å²) in [6, 6.07) is 13.5. The van der Waals surface area contributed by atoms with Gasteiger partial charge < -0.3 is 15.5 Å². The minimum Gasteiger partial charge on any atom is -0.346 e. The minimum atomic E-state index is -0.766. The van der Waals surface area contributed by atoms with Gasteiger partial charge in [0.25, 0.3) is 0 Å². The molecular weight excluding hydrogens is 371 g/mol. The van der Waals surface area contributed by atoms with Crippen LogP contribution < -0.4 is 10.6 Å². The third-order valence-corrected chi connectivity index (χ3v) is 5.21. The average Bonchev–Trinajstić information content (AvgIpc) is 2.72. The lowest BCUT2D eigenvalue weighted by atomic mass is 10.0. The summed E-state index contributed by atoms with van der Waals surface area (Å²) in [5.41, 5.74) is 2.66. The van der Waals surface area contributed by atoms with Crippen molar-refractivity contribution < 1.29 is 14.0 Å². The second kappa shape index (κ2) is 9.62. The lowest BCUT2D eigenvalue weighted by molar-refractivity contribution is -0.136. The summed E-state index contributed by atoms with van der Waals surface area (Å²) < 4.78 is 13.0. The average molecular weight is 398 g/mol. The van der Waals surface area contributed by atoms with Gasteiger partial charge in [-0.3, -0.25) is 14.5 Å². The van der Waals surface area contributed by atoms with Gasteiger partial charge in [-0.1, -0.05) is 29.8 Å². The maximum atomic E-state index is 13.0. The molecule has 2 N–H and O–H groups in total. The van der Waals surface area contributed by atoms with Crippen molar-refractivity contribution >= 4 is 17.5 Å².